The molecule has 2 heterocycles. The van der Waals surface area contributed by atoms with Crippen LogP contribution in [0, 0.1) is 0 Å². The lowest BCUT2D eigenvalue weighted by molar-refractivity contribution is -0.116. The van der Waals surface area contributed by atoms with Crippen LogP contribution in [0.25, 0.3) is 0 Å². The van der Waals surface area contributed by atoms with Crippen molar-refractivity contribution in [1.29, 1.82) is 0 Å². The van der Waals surface area contributed by atoms with E-state index < -0.39 is 6.04 Å². The number of aromatic nitrogens is 2. The van der Waals surface area contributed by atoms with Gasteiger partial charge in [0.25, 0.3) is 5.91 Å². The van der Waals surface area contributed by atoms with Crippen LogP contribution in [0.5, 0.6) is 0 Å². The van der Waals surface area contributed by atoms with Crippen LogP contribution in [0.4, 0.5) is 11.5 Å². The molecule has 1 unspecified atom stereocenters. The number of nitrogens with zero attached hydrogens (tertiary/aromatic N) is 2. The maximum atomic E-state index is 13.0. The number of amides is 1. The molecule has 2 N–H and O–H groups in total. The summed E-state index contributed by atoms with van der Waals surface area (Å²) in [5.74, 6) is 0.394. The zero-order valence-corrected chi connectivity index (χ0v) is 16.8. The topological polar surface area (TPSA) is 76.0 Å². The molecular weight excluding hydrogens is 400 g/mol. The summed E-state index contributed by atoms with van der Waals surface area (Å²) in [6, 6.07) is 16.3. The van der Waals surface area contributed by atoms with Crippen molar-refractivity contribution in [2.24, 2.45) is 0 Å². The average Bonchev–Trinajstić information content (AvgIpc) is 3.17. The predicted molar refractivity (Wildman–Crippen MR) is 116 cm³/mol. The lowest BCUT2D eigenvalue weighted by atomic mass is 9.85. The number of carbonyl (C=O) groups excluding carboxylic acids is 2. The molecule has 1 aromatic heterocycles. The van der Waals surface area contributed by atoms with Gasteiger partial charge < -0.3 is 10.6 Å². The van der Waals surface area contributed by atoms with Gasteiger partial charge in [0.1, 0.15) is 17.4 Å². The summed E-state index contributed by atoms with van der Waals surface area (Å²) in [4.78, 5) is 25.8. The molecule has 0 radical (unpaired) electrons. The van der Waals surface area contributed by atoms with Gasteiger partial charge in [0.15, 0.2) is 5.78 Å². The lowest BCUT2D eigenvalue weighted by Gasteiger charge is -2.33. The molecule has 1 atom stereocenters. The van der Waals surface area contributed by atoms with Gasteiger partial charge in [0, 0.05) is 28.4 Å². The molecule has 1 amide bonds. The summed E-state index contributed by atoms with van der Waals surface area (Å²) in [5.41, 5.74) is 3.44. The molecule has 7 heteroatoms. The summed E-state index contributed by atoms with van der Waals surface area (Å²) in [7, 11) is 0. The molecule has 0 spiro atoms. The van der Waals surface area contributed by atoms with Crippen LogP contribution in [0.2, 0.25) is 5.02 Å². The number of rotatable bonds is 3. The van der Waals surface area contributed by atoms with Gasteiger partial charge in [-0.15, -0.1) is 0 Å². The number of hydrogen-bond donors (Lipinski definition) is 2. The Morgan fingerprint density at radius 2 is 1.87 bits per heavy atom. The summed E-state index contributed by atoms with van der Waals surface area (Å²) in [5, 5.41) is 11.3. The third kappa shape index (κ3) is 3.09. The summed E-state index contributed by atoms with van der Waals surface area (Å²) >= 11 is 6.50. The van der Waals surface area contributed by atoms with E-state index in [-0.39, 0.29) is 11.7 Å². The standard InChI is InChI=1S/C23H19ClN4O2/c24-17-10-5-4-9-15(17)21-20-18(11-6-12-19(20)29)27-22-16(13-25-28(21)22)23(30)26-14-7-2-1-3-8-14/h1-5,7-10,13,21,27H,6,11-12H2,(H,26,30). The molecule has 30 heavy (non-hydrogen) atoms. The van der Waals surface area contributed by atoms with Crippen LogP contribution in [0.3, 0.4) is 0 Å². The first kappa shape index (κ1) is 18.6. The van der Waals surface area contributed by atoms with E-state index >= 15 is 0 Å². The molecule has 0 bridgehead atoms. The Morgan fingerprint density at radius 3 is 2.67 bits per heavy atom. The molecule has 1 aliphatic carbocycles. The van der Waals surface area contributed by atoms with Crippen molar-refractivity contribution in [2.75, 3.05) is 10.6 Å². The monoisotopic (exact) mass is 418 g/mol. The third-order valence-corrected chi connectivity index (χ3v) is 5.86. The van der Waals surface area contributed by atoms with Crippen LogP contribution in [0.15, 0.2) is 72.1 Å². The first-order chi connectivity index (χ1) is 14.6. The molecular formula is C23H19ClN4O2. The average molecular weight is 419 g/mol. The molecule has 0 fully saturated rings. The number of Topliss-reactive ketones (excluding diaryl/α,β-unsaturated/α-hetero) is 1. The van der Waals surface area contributed by atoms with Gasteiger partial charge in [-0.05, 0) is 36.6 Å². The van der Waals surface area contributed by atoms with Gasteiger partial charge in [-0.3, -0.25) is 9.59 Å². The van der Waals surface area contributed by atoms with Gasteiger partial charge in [-0.2, -0.15) is 5.10 Å². The molecule has 0 saturated heterocycles. The molecule has 2 aromatic carbocycles. The second-order valence-corrected chi connectivity index (χ2v) is 7.80. The fourth-order valence-corrected chi connectivity index (χ4v) is 4.37. The second-order valence-electron chi connectivity index (χ2n) is 7.39. The number of carbonyl (C=O) groups is 2. The van der Waals surface area contributed by atoms with E-state index in [9.17, 15) is 9.59 Å². The SMILES string of the molecule is O=C1CCCC2=C1C(c1ccccc1Cl)n1ncc(C(=O)Nc3ccccc3)c1N2. The highest BCUT2D eigenvalue weighted by Crippen LogP contribution is 2.43. The second kappa shape index (κ2) is 7.46. The normalized spacial score (nSPS) is 17.8. The number of fused-ring (bicyclic) bond motifs is 1. The summed E-state index contributed by atoms with van der Waals surface area (Å²) in [6.07, 6.45) is 3.55. The van der Waals surface area contributed by atoms with Gasteiger partial charge >= 0.3 is 0 Å². The summed E-state index contributed by atoms with van der Waals surface area (Å²) in [6.45, 7) is 0. The predicted octanol–water partition coefficient (Wildman–Crippen LogP) is 4.81. The molecule has 0 saturated carbocycles. The van der Waals surface area contributed by atoms with Crippen molar-refractivity contribution >= 4 is 34.8 Å². The Balaban J connectivity index is 1.61. The van der Waals surface area contributed by atoms with Crippen molar-refractivity contribution in [3.05, 3.63) is 88.2 Å². The largest absolute Gasteiger partial charge is 0.343 e. The smallest absolute Gasteiger partial charge is 0.261 e. The molecule has 2 aliphatic rings. The fourth-order valence-electron chi connectivity index (χ4n) is 4.13. The van der Waals surface area contributed by atoms with E-state index in [2.05, 4.69) is 15.7 Å². The van der Waals surface area contributed by atoms with E-state index in [0.717, 1.165) is 24.1 Å². The molecule has 150 valence electrons. The molecule has 5 rings (SSSR count). The lowest BCUT2D eigenvalue weighted by Crippen LogP contribution is -2.32. The Hall–Kier alpha value is -3.38. The minimum atomic E-state index is -0.462. The van der Waals surface area contributed by atoms with Crippen molar-refractivity contribution in [2.45, 2.75) is 25.3 Å². The first-order valence-electron chi connectivity index (χ1n) is 9.85. The fraction of sp³-hybridized carbons (Fsp3) is 0.174. The summed E-state index contributed by atoms with van der Waals surface area (Å²) < 4.78 is 1.70. The van der Waals surface area contributed by atoms with Gasteiger partial charge in [-0.1, -0.05) is 48.0 Å². The minimum Gasteiger partial charge on any atom is -0.343 e. The van der Waals surface area contributed by atoms with Crippen LogP contribution < -0.4 is 10.6 Å². The maximum absolute atomic E-state index is 13.0. The van der Waals surface area contributed by atoms with Crippen molar-refractivity contribution in [1.82, 2.24) is 9.78 Å². The number of halogens is 1. The van der Waals surface area contributed by atoms with E-state index in [1.807, 2.05) is 48.5 Å². The quantitative estimate of drug-likeness (QED) is 0.640. The van der Waals surface area contributed by atoms with Crippen LogP contribution in [0.1, 0.15) is 41.2 Å². The van der Waals surface area contributed by atoms with E-state index in [4.69, 9.17) is 11.6 Å². The third-order valence-electron chi connectivity index (χ3n) is 5.51. The van der Waals surface area contributed by atoms with Gasteiger partial charge in [-0.25, -0.2) is 4.68 Å². The van der Waals surface area contributed by atoms with Crippen LogP contribution in [-0.2, 0) is 4.79 Å². The van der Waals surface area contributed by atoms with Gasteiger partial charge in [0.2, 0.25) is 0 Å². The highest BCUT2D eigenvalue weighted by molar-refractivity contribution is 6.31. The zero-order valence-electron chi connectivity index (χ0n) is 16.1. The number of anilines is 2. The van der Waals surface area contributed by atoms with E-state index in [1.54, 1.807) is 10.7 Å². The van der Waals surface area contributed by atoms with E-state index in [1.165, 1.54) is 6.20 Å². The van der Waals surface area contributed by atoms with Crippen molar-refractivity contribution < 1.29 is 9.59 Å². The first-order valence-corrected chi connectivity index (χ1v) is 10.2. The molecule has 1 aliphatic heterocycles. The Bertz CT molecular complexity index is 1180. The Morgan fingerprint density at radius 1 is 1.10 bits per heavy atom. The Labute approximate surface area is 178 Å². The highest BCUT2D eigenvalue weighted by Gasteiger charge is 2.38. The zero-order chi connectivity index (χ0) is 20.7. The van der Waals surface area contributed by atoms with Crippen molar-refractivity contribution in [3.8, 4) is 0 Å². The number of allylic oxidation sites excluding steroid dienone is 2. The number of hydrogen-bond acceptors (Lipinski definition) is 4. The molecule has 3 aromatic rings. The number of benzene rings is 2. The maximum Gasteiger partial charge on any atom is 0.261 e. The molecule has 6 nitrogen and oxygen atoms in total. The Kier molecular flexibility index (Phi) is 4.64. The minimum absolute atomic E-state index is 0.0881. The highest BCUT2D eigenvalue weighted by atomic mass is 35.5. The van der Waals surface area contributed by atoms with Crippen molar-refractivity contribution in [3.63, 3.8) is 0 Å². The number of ketones is 1. The van der Waals surface area contributed by atoms with Gasteiger partial charge in [0.05, 0.1) is 6.20 Å². The van der Waals surface area contributed by atoms with Crippen LogP contribution >= 0.6 is 11.6 Å². The van der Waals surface area contributed by atoms with E-state index in [0.29, 0.717) is 34.1 Å². The number of nitrogens with one attached hydrogen (secondary N) is 2. The van der Waals surface area contributed by atoms with Crippen LogP contribution in [-0.4, -0.2) is 21.5 Å². The number of para-hydroxylation sites is 1.